The zero-order valence-corrected chi connectivity index (χ0v) is 14.7. The van der Waals surface area contributed by atoms with Gasteiger partial charge in [-0.1, -0.05) is 0 Å². The Balaban J connectivity index is 1.78. The van der Waals surface area contributed by atoms with Gasteiger partial charge in [0.2, 0.25) is 0 Å². The van der Waals surface area contributed by atoms with Crippen molar-refractivity contribution in [3.05, 3.63) is 0 Å². The van der Waals surface area contributed by atoms with Crippen molar-refractivity contribution in [2.75, 3.05) is 19.3 Å². The molecule has 1 aliphatic heterocycles. The van der Waals surface area contributed by atoms with Crippen LogP contribution < -0.4 is 5.32 Å². The van der Waals surface area contributed by atoms with E-state index in [4.69, 9.17) is 4.74 Å². The van der Waals surface area contributed by atoms with Crippen molar-refractivity contribution in [1.82, 2.24) is 10.2 Å². The molecule has 0 aromatic heterocycles. The van der Waals surface area contributed by atoms with Crippen molar-refractivity contribution < 1.29 is 9.53 Å². The molecule has 2 rings (SSSR count). The van der Waals surface area contributed by atoms with Gasteiger partial charge in [0.05, 0.1) is 0 Å². The Hall–Kier alpha value is -0.420. The number of ether oxygens (including phenoxy) is 1. The lowest BCUT2D eigenvalue weighted by molar-refractivity contribution is 0.0225. The molecule has 0 aromatic rings. The van der Waals surface area contributed by atoms with E-state index in [-0.39, 0.29) is 6.09 Å². The second kappa shape index (κ2) is 7.23. The smallest absolute Gasteiger partial charge is 0.410 e. The molecule has 1 amide bonds. The normalized spacial score (nSPS) is 29.9. The summed E-state index contributed by atoms with van der Waals surface area (Å²) in [7, 11) is 0. The van der Waals surface area contributed by atoms with E-state index in [0.29, 0.717) is 12.1 Å². The number of hydrogen-bond donors (Lipinski definition) is 1. The van der Waals surface area contributed by atoms with Gasteiger partial charge in [-0.05, 0) is 59.1 Å². The van der Waals surface area contributed by atoms with Gasteiger partial charge in [0.1, 0.15) is 5.60 Å². The molecule has 3 atom stereocenters. The van der Waals surface area contributed by atoms with Crippen molar-refractivity contribution in [3.8, 4) is 0 Å². The van der Waals surface area contributed by atoms with Crippen LogP contribution in [-0.4, -0.2) is 53.3 Å². The van der Waals surface area contributed by atoms with Crippen molar-refractivity contribution in [3.63, 3.8) is 0 Å². The van der Waals surface area contributed by atoms with Gasteiger partial charge in [-0.3, -0.25) is 0 Å². The van der Waals surface area contributed by atoms with Crippen LogP contribution >= 0.6 is 11.8 Å². The van der Waals surface area contributed by atoms with E-state index in [9.17, 15) is 4.79 Å². The SMILES string of the molecule is CSC1CCC(NCC2CCCN2C(=O)OC(C)(C)C)C1. The van der Waals surface area contributed by atoms with E-state index in [1.807, 2.05) is 37.4 Å². The number of amides is 1. The van der Waals surface area contributed by atoms with E-state index in [1.54, 1.807) is 0 Å². The summed E-state index contributed by atoms with van der Waals surface area (Å²) < 4.78 is 5.51. The quantitative estimate of drug-likeness (QED) is 0.865. The van der Waals surface area contributed by atoms with Crippen LogP contribution in [0.5, 0.6) is 0 Å². The molecule has 2 aliphatic rings. The molecule has 1 saturated carbocycles. The molecule has 1 N–H and O–H groups in total. The molecule has 4 nitrogen and oxygen atoms in total. The fourth-order valence-electron chi connectivity index (χ4n) is 3.25. The van der Waals surface area contributed by atoms with Crippen molar-refractivity contribution in [2.24, 2.45) is 0 Å². The predicted molar refractivity (Wildman–Crippen MR) is 88.9 cm³/mol. The number of nitrogens with one attached hydrogen (secondary N) is 1. The Labute approximate surface area is 133 Å². The number of likely N-dealkylation sites (tertiary alicyclic amines) is 1. The van der Waals surface area contributed by atoms with Crippen LogP contribution in [0.25, 0.3) is 0 Å². The largest absolute Gasteiger partial charge is 0.444 e. The first-order chi connectivity index (χ1) is 9.89. The van der Waals surface area contributed by atoms with Crippen LogP contribution in [0.3, 0.4) is 0 Å². The Morgan fingerprint density at radius 1 is 1.33 bits per heavy atom. The zero-order valence-electron chi connectivity index (χ0n) is 13.9. The van der Waals surface area contributed by atoms with Gasteiger partial charge in [0.25, 0.3) is 0 Å². The Morgan fingerprint density at radius 2 is 2.10 bits per heavy atom. The van der Waals surface area contributed by atoms with Crippen molar-refractivity contribution >= 4 is 17.9 Å². The second-order valence-corrected chi connectivity index (χ2v) is 8.38. The Kier molecular flexibility index (Phi) is 5.83. The standard InChI is InChI=1S/C16H30N2O2S/c1-16(2,3)20-15(19)18-9-5-6-13(18)11-17-12-7-8-14(10-12)21-4/h12-14,17H,5-11H2,1-4H3. The first-order valence-electron chi connectivity index (χ1n) is 8.15. The summed E-state index contributed by atoms with van der Waals surface area (Å²) in [6.45, 7) is 7.52. The molecule has 1 heterocycles. The van der Waals surface area contributed by atoms with Crippen LogP contribution in [0.1, 0.15) is 52.9 Å². The van der Waals surface area contributed by atoms with Crippen LogP contribution in [0.2, 0.25) is 0 Å². The topological polar surface area (TPSA) is 41.6 Å². The molecule has 0 radical (unpaired) electrons. The van der Waals surface area contributed by atoms with E-state index >= 15 is 0 Å². The molecular formula is C16H30N2O2S. The minimum absolute atomic E-state index is 0.153. The molecule has 0 spiro atoms. The summed E-state index contributed by atoms with van der Waals surface area (Å²) in [5.41, 5.74) is -0.408. The summed E-state index contributed by atoms with van der Waals surface area (Å²) in [6, 6.07) is 0.928. The van der Waals surface area contributed by atoms with Gasteiger partial charge in [-0.2, -0.15) is 11.8 Å². The van der Waals surface area contributed by atoms with Gasteiger partial charge in [0, 0.05) is 30.4 Å². The lowest BCUT2D eigenvalue weighted by atomic mass is 10.2. The lowest BCUT2D eigenvalue weighted by Crippen LogP contribution is -2.45. The molecule has 0 bridgehead atoms. The molecule has 3 unspecified atom stereocenters. The Morgan fingerprint density at radius 3 is 2.71 bits per heavy atom. The molecule has 21 heavy (non-hydrogen) atoms. The van der Waals surface area contributed by atoms with E-state index in [1.165, 1.54) is 19.3 Å². The van der Waals surface area contributed by atoms with Gasteiger partial charge < -0.3 is 15.0 Å². The molecule has 122 valence electrons. The molecule has 2 fully saturated rings. The van der Waals surface area contributed by atoms with Crippen LogP contribution in [0, 0.1) is 0 Å². The average molecular weight is 314 g/mol. The maximum absolute atomic E-state index is 12.2. The predicted octanol–water partition coefficient (Wildman–Crippen LogP) is 3.26. The zero-order chi connectivity index (χ0) is 15.5. The number of carbonyl (C=O) groups excluding carboxylic acids is 1. The molecular weight excluding hydrogens is 284 g/mol. The fraction of sp³-hybridized carbons (Fsp3) is 0.938. The molecule has 1 aliphatic carbocycles. The third-order valence-corrected chi connectivity index (χ3v) is 5.46. The minimum Gasteiger partial charge on any atom is -0.444 e. The summed E-state index contributed by atoms with van der Waals surface area (Å²) in [5, 5.41) is 4.49. The monoisotopic (exact) mass is 314 g/mol. The van der Waals surface area contributed by atoms with Crippen molar-refractivity contribution in [2.45, 2.75) is 75.8 Å². The maximum atomic E-state index is 12.2. The first kappa shape index (κ1) is 16.9. The first-order valence-corrected chi connectivity index (χ1v) is 9.43. The third-order valence-electron chi connectivity index (χ3n) is 4.37. The Bertz CT molecular complexity index is 357. The fourth-order valence-corrected chi connectivity index (χ4v) is 4.05. The average Bonchev–Trinajstić information content (AvgIpc) is 3.03. The summed E-state index contributed by atoms with van der Waals surface area (Å²) >= 11 is 1.98. The highest BCUT2D eigenvalue weighted by Crippen LogP contribution is 2.28. The van der Waals surface area contributed by atoms with Gasteiger partial charge >= 0.3 is 6.09 Å². The minimum atomic E-state index is -0.408. The number of hydrogen-bond acceptors (Lipinski definition) is 4. The molecule has 0 aromatic carbocycles. The number of rotatable bonds is 4. The summed E-state index contributed by atoms with van der Waals surface area (Å²) in [5.74, 6) is 0. The van der Waals surface area contributed by atoms with Crippen molar-refractivity contribution in [1.29, 1.82) is 0 Å². The summed E-state index contributed by atoms with van der Waals surface area (Å²) in [4.78, 5) is 14.2. The van der Waals surface area contributed by atoms with Crippen LogP contribution in [-0.2, 0) is 4.74 Å². The molecule has 5 heteroatoms. The van der Waals surface area contributed by atoms with Crippen LogP contribution in [0.15, 0.2) is 0 Å². The third kappa shape index (κ3) is 5.06. The summed E-state index contributed by atoms with van der Waals surface area (Å²) in [6.07, 6.45) is 8.08. The van der Waals surface area contributed by atoms with Gasteiger partial charge in [-0.15, -0.1) is 0 Å². The van der Waals surface area contributed by atoms with Gasteiger partial charge in [-0.25, -0.2) is 4.79 Å². The maximum Gasteiger partial charge on any atom is 0.410 e. The highest BCUT2D eigenvalue weighted by molar-refractivity contribution is 7.99. The highest BCUT2D eigenvalue weighted by atomic mass is 32.2. The number of carbonyl (C=O) groups is 1. The van der Waals surface area contributed by atoms with E-state index in [0.717, 1.165) is 31.2 Å². The molecule has 1 saturated heterocycles. The van der Waals surface area contributed by atoms with E-state index in [2.05, 4.69) is 11.6 Å². The van der Waals surface area contributed by atoms with Gasteiger partial charge in [0.15, 0.2) is 0 Å². The van der Waals surface area contributed by atoms with E-state index < -0.39 is 5.60 Å². The number of nitrogens with zero attached hydrogens (tertiary/aromatic N) is 1. The lowest BCUT2D eigenvalue weighted by Gasteiger charge is -2.29. The second-order valence-electron chi connectivity index (χ2n) is 7.25. The number of thioether (sulfide) groups is 1. The van der Waals surface area contributed by atoms with Crippen LogP contribution in [0.4, 0.5) is 4.79 Å². The highest BCUT2D eigenvalue weighted by Gasteiger charge is 2.33.